The number of esters is 2. The Bertz CT molecular complexity index is 3160. The molecule has 85 heavy (non-hydrogen) atoms. The molecule has 0 bridgehead atoms. The third-order valence-electron chi connectivity index (χ3n) is 19.6. The Morgan fingerprint density at radius 3 is 1.20 bits per heavy atom. The molecule has 2 unspecified atom stereocenters. The van der Waals surface area contributed by atoms with Gasteiger partial charge in [0.2, 0.25) is 0 Å². The van der Waals surface area contributed by atoms with Gasteiger partial charge >= 0.3 is 11.9 Å². The molecule has 0 aliphatic heterocycles. The number of aliphatic hydroxyl groups is 1. The van der Waals surface area contributed by atoms with Crippen LogP contribution in [-0.2, 0) is 47.2 Å². The predicted molar refractivity (Wildman–Crippen MR) is 361 cm³/mol. The summed E-state index contributed by atoms with van der Waals surface area (Å²) >= 11 is 0. The van der Waals surface area contributed by atoms with E-state index >= 15 is 0 Å². The molecular weight excluding hydrogens is 1060 g/mol. The lowest BCUT2D eigenvalue weighted by Gasteiger charge is -2.43. The van der Waals surface area contributed by atoms with Crippen LogP contribution in [-0.4, -0.2) is 51.8 Å². The molecule has 0 heterocycles. The first-order chi connectivity index (χ1) is 39.7. The number of benzene rings is 6. The highest BCUT2D eigenvalue weighted by Gasteiger charge is 2.42. The quantitative estimate of drug-likeness (QED) is 0.0515. The Kier molecular flexibility index (Phi) is 23.8. The minimum atomic E-state index is -1.87. The van der Waals surface area contributed by atoms with Crippen LogP contribution in [0.25, 0.3) is 22.3 Å². The fourth-order valence-electron chi connectivity index (χ4n) is 12.2. The van der Waals surface area contributed by atoms with Gasteiger partial charge in [-0.1, -0.05) is 211 Å². The van der Waals surface area contributed by atoms with Crippen molar-refractivity contribution >= 4 is 20.3 Å². The molecule has 0 amide bonds. The first kappa shape index (κ1) is 70.1. The summed E-state index contributed by atoms with van der Waals surface area (Å²) in [5.41, 5.74) is 25.6. The van der Waals surface area contributed by atoms with Crippen molar-refractivity contribution in [1.29, 1.82) is 0 Å². The maximum Gasteiger partial charge on any atom is 0.327 e. The molecule has 0 fully saturated rings. The third-order valence-corrected chi connectivity index (χ3v) is 24.1. The highest BCUT2D eigenvalue weighted by Crippen LogP contribution is 2.45. The summed E-state index contributed by atoms with van der Waals surface area (Å²) < 4.78 is 16.7. The van der Waals surface area contributed by atoms with E-state index in [1.54, 1.807) is 0 Å². The van der Waals surface area contributed by atoms with Crippen LogP contribution in [0.3, 0.4) is 0 Å². The molecule has 0 spiro atoms. The van der Waals surface area contributed by atoms with Crippen LogP contribution in [0.5, 0.6) is 0 Å². The molecule has 7 nitrogen and oxygen atoms in total. The van der Waals surface area contributed by atoms with Crippen LogP contribution in [0.2, 0.25) is 18.1 Å². The zero-order valence-corrected chi connectivity index (χ0v) is 57.6. The average molecular weight is 1170 g/mol. The molecule has 0 aliphatic carbocycles. The van der Waals surface area contributed by atoms with Gasteiger partial charge in [-0.15, -0.1) is 0 Å². The van der Waals surface area contributed by atoms with Crippen LogP contribution in [0.1, 0.15) is 214 Å². The van der Waals surface area contributed by atoms with Crippen molar-refractivity contribution in [3.05, 3.63) is 188 Å². The molecule has 462 valence electrons. The van der Waals surface area contributed by atoms with E-state index in [9.17, 15) is 14.7 Å². The Balaban J connectivity index is 0.000000315. The van der Waals surface area contributed by atoms with Gasteiger partial charge < -0.3 is 24.7 Å². The van der Waals surface area contributed by atoms with E-state index in [-0.39, 0.29) is 50.8 Å². The van der Waals surface area contributed by atoms with Gasteiger partial charge in [0.1, 0.15) is 6.04 Å². The first-order valence-corrected chi connectivity index (χ1v) is 34.5. The van der Waals surface area contributed by atoms with E-state index < -0.39 is 20.3 Å². The highest BCUT2D eigenvalue weighted by molar-refractivity contribution is 6.74. The molecule has 0 radical (unpaired) electrons. The van der Waals surface area contributed by atoms with E-state index in [1.165, 1.54) is 81.0 Å². The lowest BCUT2D eigenvalue weighted by atomic mass is 9.69. The summed E-state index contributed by atoms with van der Waals surface area (Å²) in [6, 6.07) is 43.3. The molecule has 0 saturated carbocycles. The standard InChI is InChI=1S/C42H62O3Si.C35H47NO3/c1-15-42(16-2,36-24-25-37(30(4)28-36)34-19-17-33(18-20-34)31(5)39(43)44-12)35-23-21-32(29(3)27-35)22-26-38(40(6,7)8)45-46(13,14)41(9,10)11;1-9-35(10-2,28-17-15-25(23(3)21-28)16-20-31(37)34(5,6)7)29-18-19-30(24(4)22-29)26-11-13-27(14-12-26)32(36)33(38)39-8/h17-21,23-25,27-28,31,38H,15-16,22,26H2,1-14H3;11-15,17-19,21-22,31-32,37H,9-10,16,20,36H2,1-8H3/t31-,38?;31?,32-/m11/s1. The Hall–Kier alpha value is -5.64. The number of carbonyl (C=O) groups excluding carboxylic acids is 2. The number of rotatable bonds is 22. The molecule has 0 aromatic heterocycles. The summed E-state index contributed by atoms with van der Waals surface area (Å²) in [7, 11) is 0.920. The Morgan fingerprint density at radius 1 is 0.506 bits per heavy atom. The van der Waals surface area contributed by atoms with E-state index in [2.05, 4.69) is 216 Å². The zero-order valence-electron chi connectivity index (χ0n) is 56.6. The summed E-state index contributed by atoms with van der Waals surface area (Å²) in [5, 5.41) is 10.7. The minimum absolute atomic E-state index is 0.0498. The zero-order chi connectivity index (χ0) is 63.6. The van der Waals surface area contributed by atoms with Gasteiger partial charge in [-0.25, -0.2) is 0 Å². The van der Waals surface area contributed by atoms with Crippen LogP contribution >= 0.6 is 0 Å². The maximum atomic E-state index is 12.0. The number of nitrogens with two attached hydrogens (primary N) is 1. The van der Waals surface area contributed by atoms with Crippen LogP contribution in [0.15, 0.2) is 121 Å². The topological polar surface area (TPSA) is 108 Å². The molecule has 8 heteroatoms. The number of aliphatic hydroxyl groups excluding tert-OH is 1. The lowest BCUT2D eigenvalue weighted by molar-refractivity contribution is -0.143. The van der Waals surface area contributed by atoms with E-state index in [4.69, 9.17) is 19.6 Å². The molecule has 0 saturated heterocycles. The van der Waals surface area contributed by atoms with Gasteiger partial charge in [0.25, 0.3) is 0 Å². The average Bonchev–Trinajstić information content (AvgIpc) is 1.69. The van der Waals surface area contributed by atoms with Gasteiger partial charge in [-0.05, 0) is 204 Å². The molecule has 6 aromatic rings. The van der Waals surface area contributed by atoms with Crippen molar-refractivity contribution in [1.82, 2.24) is 0 Å². The summed E-state index contributed by atoms with van der Waals surface area (Å²) in [6.07, 6.45) is 7.70. The summed E-state index contributed by atoms with van der Waals surface area (Å²) in [4.78, 5) is 23.8. The first-order valence-electron chi connectivity index (χ1n) is 31.6. The highest BCUT2D eigenvalue weighted by atomic mass is 28.4. The fraction of sp³-hybridized carbons (Fsp3) is 0.506. The molecule has 6 aromatic carbocycles. The fourth-order valence-corrected chi connectivity index (χ4v) is 13.7. The number of carbonyl (C=O) groups is 2. The van der Waals surface area contributed by atoms with Gasteiger partial charge in [-0.3, -0.25) is 9.59 Å². The second-order valence-electron chi connectivity index (χ2n) is 28.1. The summed E-state index contributed by atoms with van der Waals surface area (Å²) in [6.45, 7) is 44.9. The van der Waals surface area contributed by atoms with Gasteiger partial charge in [0.05, 0.1) is 32.3 Å². The molecule has 0 aliphatic rings. The number of methoxy groups -OCH3 is 2. The van der Waals surface area contributed by atoms with Crippen LogP contribution < -0.4 is 5.73 Å². The van der Waals surface area contributed by atoms with Crippen molar-refractivity contribution in [3.63, 3.8) is 0 Å². The number of aryl methyl sites for hydroxylation is 6. The Labute approximate surface area is 516 Å². The molecule has 4 atom stereocenters. The summed E-state index contributed by atoms with van der Waals surface area (Å²) in [5.74, 6) is -0.927. The van der Waals surface area contributed by atoms with Crippen molar-refractivity contribution in [2.24, 2.45) is 16.6 Å². The van der Waals surface area contributed by atoms with Crippen molar-refractivity contribution in [3.8, 4) is 22.3 Å². The molecular formula is C77H109NO6Si. The van der Waals surface area contributed by atoms with Crippen LogP contribution in [0.4, 0.5) is 0 Å². The van der Waals surface area contributed by atoms with Gasteiger partial charge in [0.15, 0.2) is 8.32 Å². The van der Waals surface area contributed by atoms with E-state index in [0.717, 1.165) is 73.6 Å². The smallest absolute Gasteiger partial charge is 0.327 e. The predicted octanol–water partition coefficient (Wildman–Crippen LogP) is 19.3. The largest absolute Gasteiger partial charge is 0.469 e. The SMILES string of the molecule is CCC(CC)(c1ccc(CCC(O)C(C)(C)C)c(C)c1)c1ccc(-c2ccc([C@@H](N)C(=O)OC)cc2)c(C)c1.CCC(CC)(c1ccc(CCC(O[Si](C)(C)C(C)(C)C)C(C)(C)C)c(C)c1)c1ccc(-c2ccc([C@@H](C)C(=O)OC)cc2)c(C)c1. The number of ether oxygens (including phenoxy) is 2. The number of hydrogen-bond donors (Lipinski definition) is 2. The third kappa shape index (κ3) is 16.5. The van der Waals surface area contributed by atoms with Gasteiger partial charge in [0, 0.05) is 10.8 Å². The minimum Gasteiger partial charge on any atom is -0.469 e. The molecule has 6 rings (SSSR count). The molecule has 3 N–H and O–H groups in total. The van der Waals surface area contributed by atoms with Crippen LogP contribution in [0, 0.1) is 38.5 Å². The lowest BCUT2D eigenvalue weighted by Crippen LogP contribution is -2.47. The van der Waals surface area contributed by atoms with Gasteiger partial charge in [-0.2, -0.15) is 0 Å². The Morgan fingerprint density at radius 2 is 0.871 bits per heavy atom. The van der Waals surface area contributed by atoms with Crippen molar-refractivity contribution < 1.29 is 28.6 Å². The monoisotopic (exact) mass is 1170 g/mol. The number of hydrogen-bond acceptors (Lipinski definition) is 7. The van der Waals surface area contributed by atoms with E-state index in [1.807, 2.05) is 43.3 Å². The van der Waals surface area contributed by atoms with Crippen molar-refractivity contribution in [2.75, 3.05) is 14.2 Å². The second kappa shape index (κ2) is 28.9. The second-order valence-corrected chi connectivity index (χ2v) is 32.9. The van der Waals surface area contributed by atoms with Crippen molar-refractivity contribution in [2.45, 2.75) is 229 Å². The maximum absolute atomic E-state index is 12.0. The normalized spacial score (nSPS) is 14.0. The van der Waals surface area contributed by atoms with E-state index in [0.29, 0.717) is 0 Å².